The Hall–Kier alpha value is -4.93. The quantitative estimate of drug-likeness (QED) is 0.0834. The third kappa shape index (κ3) is 10.9. The van der Waals surface area contributed by atoms with Crippen LogP contribution in [0.15, 0.2) is 87.5 Å². The molecular formula is C34H34ClN3O14S3. The van der Waals surface area contributed by atoms with E-state index in [4.69, 9.17) is 46.0 Å². The zero-order valence-electron chi connectivity index (χ0n) is 28.9. The summed E-state index contributed by atoms with van der Waals surface area (Å²) >= 11 is 0. The van der Waals surface area contributed by atoms with Crippen LogP contribution in [0.5, 0.6) is 0 Å². The smallest absolute Gasteiger partial charge is 0.338 e. The van der Waals surface area contributed by atoms with Crippen molar-refractivity contribution in [2.45, 2.75) is 60.6 Å². The first-order valence-corrected chi connectivity index (χ1v) is 20.9. The fourth-order valence-electron chi connectivity index (χ4n) is 5.18. The number of sulfonamides is 2. The molecule has 21 heteroatoms. The van der Waals surface area contributed by atoms with E-state index in [0.717, 1.165) is 5.56 Å². The minimum Gasteiger partial charge on any atom is -0.457 e. The maximum atomic E-state index is 11.1. The number of halogens is 1. The highest BCUT2D eigenvalue weighted by Gasteiger charge is 2.25. The molecule has 0 spiro atoms. The van der Waals surface area contributed by atoms with Crippen LogP contribution in [-0.4, -0.2) is 53.4 Å². The van der Waals surface area contributed by atoms with E-state index in [2.05, 4.69) is 0 Å². The highest BCUT2D eigenvalue weighted by atomic mass is 35.7. The molecule has 4 aromatic rings. The van der Waals surface area contributed by atoms with Gasteiger partial charge in [0.05, 0.1) is 43.6 Å². The van der Waals surface area contributed by atoms with E-state index in [1.807, 2.05) is 0 Å². The van der Waals surface area contributed by atoms with Crippen LogP contribution in [0.4, 0.5) is 5.69 Å². The van der Waals surface area contributed by atoms with E-state index in [1.54, 1.807) is 32.0 Å². The number of esters is 3. The zero-order chi connectivity index (χ0) is 41.1. The average molecular weight is 840 g/mol. The summed E-state index contributed by atoms with van der Waals surface area (Å²) in [5, 5.41) is 28.8. The Kier molecular flexibility index (Phi) is 12.8. The molecule has 3 heterocycles. The number of carbonyl (C=O) groups excluding carboxylic acids is 3. The molecule has 3 aliphatic rings. The first-order chi connectivity index (χ1) is 25.4. The third-order valence-electron chi connectivity index (χ3n) is 7.86. The number of carbonyl (C=O) groups is 3. The van der Waals surface area contributed by atoms with Gasteiger partial charge in [-0.3, -0.25) is 0 Å². The molecule has 8 N–H and O–H groups in total. The highest BCUT2D eigenvalue weighted by Crippen LogP contribution is 2.27. The van der Waals surface area contributed by atoms with Crippen LogP contribution in [0.2, 0.25) is 0 Å². The van der Waals surface area contributed by atoms with Crippen LogP contribution in [0.3, 0.4) is 0 Å². The summed E-state index contributed by atoms with van der Waals surface area (Å²) in [7, 11) is -6.09. The molecule has 0 saturated carbocycles. The van der Waals surface area contributed by atoms with Gasteiger partial charge in [-0.25, -0.2) is 49.9 Å². The number of aliphatic hydroxyl groups excluding tert-OH is 1. The van der Waals surface area contributed by atoms with Gasteiger partial charge in [0.2, 0.25) is 20.0 Å². The largest absolute Gasteiger partial charge is 0.457 e. The normalized spacial score (nSPS) is 14.3. The predicted octanol–water partition coefficient (Wildman–Crippen LogP) is 2.28. The number of ether oxygens (including phenoxy) is 3. The number of aliphatic hydroxyl groups is 2. The van der Waals surface area contributed by atoms with Crippen molar-refractivity contribution < 1.29 is 64.1 Å². The van der Waals surface area contributed by atoms with Crippen molar-refractivity contribution in [2.75, 3.05) is 5.73 Å². The van der Waals surface area contributed by atoms with Gasteiger partial charge >= 0.3 is 17.9 Å². The molecule has 55 heavy (non-hydrogen) atoms. The number of hydrogen-bond donors (Lipinski definition) is 5. The van der Waals surface area contributed by atoms with Gasteiger partial charge in [0.15, 0.2) is 0 Å². The monoisotopic (exact) mass is 839 g/mol. The van der Waals surface area contributed by atoms with Gasteiger partial charge in [0, 0.05) is 33.1 Å². The highest BCUT2D eigenvalue weighted by molar-refractivity contribution is 8.13. The maximum absolute atomic E-state index is 11.1. The lowest BCUT2D eigenvalue weighted by molar-refractivity contribution is 0.0526. The fourth-order valence-corrected chi connectivity index (χ4v) is 7.11. The van der Waals surface area contributed by atoms with Crippen LogP contribution < -0.4 is 16.0 Å². The molecule has 0 unspecified atom stereocenters. The van der Waals surface area contributed by atoms with Gasteiger partial charge in [-0.05, 0) is 91.7 Å². The minimum atomic E-state index is -3.79. The van der Waals surface area contributed by atoms with E-state index < -0.39 is 46.6 Å². The van der Waals surface area contributed by atoms with Crippen molar-refractivity contribution in [3.8, 4) is 0 Å². The summed E-state index contributed by atoms with van der Waals surface area (Å²) in [6.45, 7) is 3.32. The van der Waals surface area contributed by atoms with Gasteiger partial charge in [-0.2, -0.15) is 0 Å². The number of benzene rings is 4. The zero-order valence-corrected chi connectivity index (χ0v) is 32.1. The Morgan fingerprint density at radius 2 is 1.02 bits per heavy atom. The maximum Gasteiger partial charge on any atom is 0.338 e. The van der Waals surface area contributed by atoms with Crippen LogP contribution in [0.1, 0.15) is 72.7 Å². The van der Waals surface area contributed by atoms with Crippen LogP contribution in [0.25, 0.3) is 0 Å². The second kappa shape index (κ2) is 16.4. The predicted molar refractivity (Wildman–Crippen MR) is 194 cm³/mol. The molecular weight excluding hydrogens is 806 g/mol. The lowest BCUT2D eigenvalue weighted by atomic mass is 9.93. The number of fused-ring (bicyclic) bond motifs is 3. The second-order valence-electron chi connectivity index (χ2n) is 12.3. The first kappa shape index (κ1) is 42.8. The summed E-state index contributed by atoms with van der Waals surface area (Å²) in [6, 6.07) is 17.3. The van der Waals surface area contributed by atoms with E-state index in [9.17, 15) is 44.7 Å². The minimum absolute atomic E-state index is 0.00505. The molecule has 0 bridgehead atoms. The van der Waals surface area contributed by atoms with E-state index in [1.165, 1.54) is 54.6 Å². The van der Waals surface area contributed by atoms with E-state index in [0.29, 0.717) is 51.2 Å². The SMILES string of the molecule is CC(C)(O)c1ccc(S(N)(=O)=O)cc1CO.NS(=O)(=O)c1ccc2c(c1)COC2=O.Nc1ccc2c(c1)COC2=O.O=C1OCc2cc(S(=O)(=O)Cl)ccc21. The molecule has 7 rings (SSSR count). The Labute approximate surface area is 320 Å². The second-order valence-corrected chi connectivity index (χ2v) is 18.0. The third-order valence-corrected chi connectivity index (χ3v) is 11.0. The molecule has 3 aliphatic heterocycles. The molecule has 4 aromatic carbocycles. The molecule has 17 nitrogen and oxygen atoms in total. The number of nitrogen functional groups attached to an aromatic ring is 1. The Balaban J connectivity index is 0.000000164. The van der Waals surface area contributed by atoms with Gasteiger partial charge < -0.3 is 30.2 Å². The Bertz CT molecular complexity index is 2420. The number of cyclic esters (lactones) is 3. The first-order valence-electron chi connectivity index (χ1n) is 15.5. The van der Waals surface area contributed by atoms with Gasteiger partial charge in [-0.15, -0.1) is 0 Å². The van der Waals surface area contributed by atoms with Crippen molar-refractivity contribution in [3.05, 3.63) is 117 Å². The molecule has 0 radical (unpaired) electrons. The van der Waals surface area contributed by atoms with Gasteiger partial charge in [0.25, 0.3) is 9.05 Å². The summed E-state index contributed by atoms with van der Waals surface area (Å²) in [4.78, 5) is 32.9. The van der Waals surface area contributed by atoms with E-state index in [-0.39, 0.29) is 40.5 Å². The molecule has 0 saturated heterocycles. The molecule has 0 aliphatic carbocycles. The van der Waals surface area contributed by atoms with Gasteiger partial charge in [-0.1, -0.05) is 6.07 Å². The summed E-state index contributed by atoms with van der Waals surface area (Å²) < 4.78 is 80.2. The number of hydrogen-bond acceptors (Lipinski definition) is 15. The van der Waals surface area contributed by atoms with Crippen molar-refractivity contribution in [2.24, 2.45) is 10.3 Å². The lowest BCUT2D eigenvalue weighted by Crippen LogP contribution is -2.19. The standard InChI is InChI=1S/C10H15NO4S.C8H5ClO4S.C8H7NO4S.C8H7NO2/c1-10(2,13)9-4-3-8(16(11,14)15)5-7(9)6-12;2*9-14(11,12)6-1-2-7-5(3-6)4-13-8(7)10;9-6-1-2-7-5(3-6)4-11-8(7)10/h3-5,12-13H,6H2,1-2H3,(H2,11,14,15);1-3H,4H2;1-3H,4H2,(H2,9,11,12);1-3H,4,9H2. The number of rotatable bonds is 5. The number of nitrogens with two attached hydrogens (primary N) is 3. The summed E-state index contributed by atoms with van der Waals surface area (Å²) in [5.41, 5.74) is 9.28. The van der Waals surface area contributed by atoms with Crippen LogP contribution in [0, 0.1) is 0 Å². The van der Waals surface area contributed by atoms with Crippen molar-refractivity contribution in [3.63, 3.8) is 0 Å². The number of anilines is 1. The Morgan fingerprint density at radius 1 is 0.636 bits per heavy atom. The topological polar surface area (TPSA) is 300 Å². The van der Waals surface area contributed by atoms with Crippen molar-refractivity contribution in [1.82, 2.24) is 0 Å². The molecule has 0 fully saturated rings. The Morgan fingerprint density at radius 3 is 1.44 bits per heavy atom. The van der Waals surface area contributed by atoms with Crippen molar-refractivity contribution in [1.29, 1.82) is 0 Å². The number of primary sulfonamides is 2. The summed E-state index contributed by atoms with van der Waals surface area (Å²) in [5.74, 6) is -1.11. The average Bonchev–Trinajstić information content (AvgIpc) is 3.79. The van der Waals surface area contributed by atoms with Gasteiger partial charge in [0.1, 0.15) is 19.8 Å². The van der Waals surface area contributed by atoms with Crippen LogP contribution in [-0.2, 0) is 75.3 Å². The fraction of sp³-hybridized carbons (Fsp3) is 0.206. The summed E-state index contributed by atoms with van der Waals surface area (Å²) in [6.07, 6.45) is 0. The molecule has 0 amide bonds. The van der Waals surface area contributed by atoms with E-state index >= 15 is 0 Å². The van der Waals surface area contributed by atoms with Crippen molar-refractivity contribution >= 4 is 63.4 Å². The molecule has 0 atom stereocenters. The lowest BCUT2D eigenvalue weighted by Gasteiger charge is -2.21. The molecule has 294 valence electrons. The molecule has 0 aromatic heterocycles. The van der Waals surface area contributed by atoms with Crippen LogP contribution >= 0.6 is 10.7 Å².